The molecule has 0 aliphatic rings. The van der Waals surface area contributed by atoms with Gasteiger partial charge in [0.1, 0.15) is 12.1 Å². The van der Waals surface area contributed by atoms with Gasteiger partial charge in [0.15, 0.2) is 0 Å². The standard InChI is InChI=1S/C29H35F3N2O5/c1-19(2)16-23(27(37)34-24(28(38)39-3)17-21-12-8-5-9-13-21)33-26(36)22(18-25(35)29(30,31)32)15-14-20-10-6-4-7-11-20/h4-13,19,22-24H,14-18H2,1-3H3,(H,33,36)(H,34,37)/t22?,23-,24?/m0/s1. The van der Waals surface area contributed by atoms with Gasteiger partial charge >= 0.3 is 12.1 Å². The minimum absolute atomic E-state index is 0.0214. The number of benzene rings is 2. The molecule has 0 aliphatic carbocycles. The van der Waals surface area contributed by atoms with Gasteiger partial charge in [0, 0.05) is 18.8 Å². The first-order valence-corrected chi connectivity index (χ1v) is 12.8. The highest BCUT2D eigenvalue weighted by molar-refractivity contribution is 5.93. The molecule has 2 aromatic carbocycles. The van der Waals surface area contributed by atoms with Crippen molar-refractivity contribution in [1.82, 2.24) is 10.6 Å². The normalized spacial score (nSPS) is 13.7. The van der Waals surface area contributed by atoms with E-state index in [2.05, 4.69) is 10.6 Å². The summed E-state index contributed by atoms with van der Waals surface area (Å²) in [7, 11) is 1.19. The Kier molecular flexibility index (Phi) is 12.2. The molecular formula is C29H35F3N2O5. The third kappa shape index (κ3) is 10.9. The van der Waals surface area contributed by atoms with Crippen LogP contribution in [-0.2, 0) is 36.8 Å². The van der Waals surface area contributed by atoms with Crippen molar-refractivity contribution in [3.8, 4) is 0 Å². The highest BCUT2D eigenvalue weighted by atomic mass is 19.4. The number of hydrogen-bond acceptors (Lipinski definition) is 5. The minimum atomic E-state index is -5.08. The van der Waals surface area contributed by atoms with Crippen molar-refractivity contribution in [3.63, 3.8) is 0 Å². The number of rotatable bonds is 14. The van der Waals surface area contributed by atoms with E-state index in [0.717, 1.165) is 11.1 Å². The van der Waals surface area contributed by atoms with Crippen LogP contribution < -0.4 is 10.6 Å². The molecule has 212 valence electrons. The third-order valence-corrected chi connectivity index (χ3v) is 6.17. The number of esters is 1. The molecule has 2 rings (SSSR count). The molecular weight excluding hydrogens is 513 g/mol. The van der Waals surface area contributed by atoms with Gasteiger partial charge in [-0.05, 0) is 36.3 Å². The number of halogens is 3. The SMILES string of the molecule is COC(=O)C(Cc1ccccc1)NC(=O)[C@H](CC(C)C)NC(=O)C(CCc1ccccc1)CC(=O)C(F)(F)F. The maximum absolute atomic E-state index is 13.2. The number of ether oxygens (including phenoxy) is 1. The summed E-state index contributed by atoms with van der Waals surface area (Å²) in [4.78, 5) is 50.6. The second-order valence-electron chi connectivity index (χ2n) is 9.81. The maximum Gasteiger partial charge on any atom is 0.449 e. The van der Waals surface area contributed by atoms with E-state index in [4.69, 9.17) is 4.74 Å². The smallest absolute Gasteiger partial charge is 0.449 e. The third-order valence-electron chi connectivity index (χ3n) is 6.17. The first-order chi connectivity index (χ1) is 18.4. The Morgan fingerprint density at radius 3 is 1.87 bits per heavy atom. The Morgan fingerprint density at radius 2 is 1.36 bits per heavy atom. The van der Waals surface area contributed by atoms with E-state index in [9.17, 15) is 32.3 Å². The van der Waals surface area contributed by atoms with E-state index in [1.165, 1.54) is 7.11 Å². The molecule has 39 heavy (non-hydrogen) atoms. The molecule has 0 aliphatic heterocycles. The van der Waals surface area contributed by atoms with Gasteiger partial charge in [0.05, 0.1) is 7.11 Å². The van der Waals surface area contributed by atoms with Crippen LogP contribution >= 0.6 is 0 Å². The lowest BCUT2D eigenvalue weighted by Gasteiger charge is -2.25. The molecule has 0 heterocycles. The lowest BCUT2D eigenvalue weighted by molar-refractivity contribution is -0.172. The fourth-order valence-electron chi connectivity index (χ4n) is 4.10. The average Bonchev–Trinajstić information content (AvgIpc) is 2.89. The topological polar surface area (TPSA) is 102 Å². The Labute approximate surface area is 226 Å². The molecule has 0 bridgehead atoms. The highest BCUT2D eigenvalue weighted by Gasteiger charge is 2.41. The summed E-state index contributed by atoms with van der Waals surface area (Å²) in [5.74, 6) is -5.57. The number of hydrogen-bond donors (Lipinski definition) is 2. The molecule has 2 unspecified atom stereocenters. The van der Waals surface area contributed by atoms with Crippen LogP contribution in [0.1, 0.15) is 44.2 Å². The van der Waals surface area contributed by atoms with Crippen LogP contribution in [0.2, 0.25) is 0 Å². The van der Waals surface area contributed by atoms with E-state index >= 15 is 0 Å². The first kappa shape index (κ1) is 31.5. The lowest BCUT2D eigenvalue weighted by atomic mass is 9.92. The van der Waals surface area contributed by atoms with Crippen LogP contribution in [0.25, 0.3) is 0 Å². The van der Waals surface area contributed by atoms with Gasteiger partial charge in [-0.2, -0.15) is 13.2 Å². The fraction of sp³-hybridized carbons (Fsp3) is 0.448. The molecule has 2 aromatic rings. The number of alkyl halides is 3. The molecule has 0 aromatic heterocycles. The fourth-order valence-corrected chi connectivity index (χ4v) is 4.10. The number of methoxy groups -OCH3 is 1. The number of Topliss-reactive ketones (excluding diaryl/α,β-unsaturated/α-hetero) is 1. The van der Waals surface area contributed by atoms with Gasteiger partial charge in [-0.3, -0.25) is 14.4 Å². The zero-order valence-corrected chi connectivity index (χ0v) is 22.3. The molecule has 0 spiro atoms. The van der Waals surface area contributed by atoms with Gasteiger partial charge in [0.2, 0.25) is 17.6 Å². The van der Waals surface area contributed by atoms with E-state index in [-0.39, 0.29) is 31.6 Å². The average molecular weight is 549 g/mol. The number of nitrogens with one attached hydrogen (secondary N) is 2. The molecule has 0 saturated carbocycles. The monoisotopic (exact) mass is 548 g/mol. The van der Waals surface area contributed by atoms with E-state index < -0.39 is 54.2 Å². The summed E-state index contributed by atoms with van der Waals surface area (Å²) in [6, 6.07) is 15.6. The maximum atomic E-state index is 13.2. The van der Waals surface area contributed by atoms with E-state index in [1.807, 2.05) is 13.8 Å². The predicted molar refractivity (Wildman–Crippen MR) is 139 cm³/mol. The number of amides is 2. The van der Waals surface area contributed by atoms with Gasteiger partial charge < -0.3 is 15.4 Å². The number of carbonyl (C=O) groups is 4. The predicted octanol–water partition coefficient (Wildman–Crippen LogP) is 4.19. The van der Waals surface area contributed by atoms with Crippen molar-refractivity contribution in [3.05, 3.63) is 71.8 Å². The zero-order valence-electron chi connectivity index (χ0n) is 22.3. The Balaban J connectivity index is 2.21. The molecule has 0 fully saturated rings. The molecule has 7 nitrogen and oxygen atoms in total. The van der Waals surface area contributed by atoms with Crippen LogP contribution in [0, 0.1) is 11.8 Å². The Morgan fingerprint density at radius 1 is 0.821 bits per heavy atom. The molecule has 2 N–H and O–H groups in total. The first-order valence-electron chi connectivity index (χ1n) is 12.8. The zero-order chi connectivity index (χ0) is 29.0. The van der Waals surface area contributed by atoms with Crippen molar-refractivity contribution < 1.29 is 37.1 Å². The Hall–Kier alpha value is -3.69. The summed E-state index contributed by atoms with van der Waals surface area (Å²) in [6.45, 7) is 3.63. The number of aryl methyl sites for hydroxylation is 1. The van der Waals surface area contributed by atoms with Gasteiger partial charge in [0.25, 0.3) is 0 Å². The van der Waals surface area contributed by atoms with Gasteiger partial charge in [-0.15, -0.1) is 0 Å². The molecule has 10 heteroatoms. The second-order valence-corrected chi connectivity index (χ2v) is 9.81. The molecule has 2 amide bonds. The lowest BCUT2D eigenvalue weighted by Crippen LogP contribution is -2.54. The van der Waals surface area contributed by atoms with Crippen LogP contribution in [0.15, 0.2) is 60.7 Å². The molecule has 3 atom stereocenters. The summed E-state index contributed by atoms with van der Waals surface area (Å²) in [5.41, 5.74) is 1.57. The quantitative estimate of drug-likeness (QED) is 0.345. The second kappa shape index (κ2) is 15.0. The van der Waals surface area contributed by atoms with Crippen molar-refractivity contribution in [2.24, 2.45) is 11.8 Å². The van der Waals surface area contributed by atoms with Crippen molar-refractivity contribution in [2.75, 3.05) is 7.11 Å². The van der Waals surface area contributed by atoms with Crippen molar-refractivity contribution in [2.45, 2.75) is 64.2 Å². The van der Waals surface area contributed by atoms with Crippen LogP contribution in [0.5, 0.6) is 0 Å². The highest BCUT2D eigenvalue weighted by Crippen LogP contribution is 2.24. The van der Waals surface area contributed by atoms with E-state index in [1.54, 1.807) is 60.7 Å². The largest absolute Gasteiger partial charge is 0.467 e. The Bertz CT molecular complexity index is 1090. The summed E-state index contributed by atoms with van der Waals surface area (Å²) in [6.07, 6.45) is -5.56. The van der Waals surface area contributed by atoms with Crippen molar-refractivity contribution >= 4 is 23.6 Å². The van der Waals surface area contributed by atoms with E-state index in [0.29, 0.717) is 0 Å². The summed E-state index contributed by atoms with van der Waals surface area (Å²) >= 11 is 0. The minimum Gasteiger partial charge on any atom is -0.467 e. The van der Waals surface area contributed by atoms with Crippen molar-refractivity contribution in [1.29, 1.82) is 0 Å². The summed E-state index contributed by atoms with van der Waals surface area (Å²) in [5, 5.41) is 5.16. The number of carbonyl (C=O) groups excluding carboxylic acids is 4. The molecule has 0 radical (unpaired) electrons. The van der Waals surface area contributed by atoms with Gasteiger partial charge in [-0.1, -0.05) is 74.5 Å². The summed E-state index contributed by atoms with van der Waals surface area (Å²) < 4.78 is 44.0. The number of ketones is 1. The van der Waals surface area contributed by atoms with Crippen LogP contribution in [0.4, 0.5) is 13.2 Å². The molecule has 0 saturated heterocycles. The van der Waals surface area contributed by atoms with Gasteiger partial charge in [-0.25, -0.2) is 4.79 Å². The van der Waals surface area contributed by atoms with Crippen LogP contribution in [0.3, 0.4) is 0 Å². The van der Waals surface area contributed by atoms with Crippen LogP contribution in [-0.4, -0.2) is 48.9 Å².